The van der Waals surface area contributed by atoms with Crippen molar-refractivity contribution in [1.82, 2.24) is 19.8 Å². The number of nitrogens with zero attached hydrogens (tertiary/aromatic N) is 4. The average molecular weight is 545 g/mol. The lowest BCUT2D eigenvalue weighted by molar-refractivity contribution is -0.137. The number of nitrogens with one attached hydrogen (secondary N) is 2. The number of halogens is 3. The number of thiazole rings is 1. The van der Waals surface area contributed by atoms with Gasteiger partial charge in [0, 0.05) is 36.6 Å². The van der Waals surface area contributed by atoms with Crippen LogP contribution in [0.3, 0.4) is 0 Å². The summed E-state index contributed by atoms with van der Waals surface area (Å²) in [6.07, 6.45) is -1.87. The quantitative estimate of drug-likeness (QED) is 0.321. The molecular weight excluding hydrogens is 517 g/mol. The number of alkyl halides is 3. The molecule has 3 heterocycles. The Bertz CT molecular complexity index is 1360. The van der Waals surface area contributed by atoms with E-state index in [0.29, 0.717) is 33.4 Å². The van der Waals surface area contributed by atoms with E-state index >= 15 is 0 Å². The van der Waals surface area contributed by atoms with E-state index in [9.17, 15) is 23.1 Å². The van der Waals surface area contributed by atoms with Gasteiger partial charge in [-0.3, -0.25) is 14.7 Å². The molecule has 1 fully saturated rings. The molecule has 0 radical (unpaired) electrons. The highest BCUT2D eigenvalue weighted by molar-refractivity contribution is 7.16. The number of aliphatic hydroxyl groups excluding tert-OH is 1. The van der Waals surface area contributed by atoms with Gasteiger partial charge in [-0.15, -0.1) is 0 Å². The second-order valence-corrected chi connectivity index (χ2v) is 10.1. The second kappa shape index (κ2) is 11.5. The first-order valence-corrected chi connectivity index (χ1v) is 12.6. The molecule has 2 unspecified atom stereocenters. The maximum atomic E-state index is 13.0. The number of anilines is 2. The lowest BCUT2D eigenvalue weighted by Gasteiger charge is -2.24. The van der Waals surface area contributed by atoms with Crippen LogP contribution in [0.2, 0.25) is 0 Å². The van der Waals surface area contributed by atoms with E-state index < -0.39 is 24.0 Å². The number of carbonyl (C=O) groups excluding carboxylic acids is 1. The highest BCUT2D eigenvalue weighted by Crippen LogP contribution is 2.29. The first-order chi connectivity index (χ1) is 18.0. The van der Waals surface area contributed by atoms with Gasteiger partial charge in [0.25, 0.3) is 5.91 Å². The van der Waals surface area contributed by atoms with E-state index in [1.54, 1.807) is 24.4 Å². The van der Waals surface area contributed by atoms with Crippen molar-refractivity contribution in [2.75, 3.05) is 37.8 Å². The van der Waals surface area contributed by atoms with Crippen LogP contribution in [0, 0.1) is 18.8 Å². The standard InChI is InChI=1S/C26H27F3N6O2S/c1-16-4-6-19(32-23(36)22-13-18(8-10-30-22)26(27,28)29)12-17(16)5-7-21-14-31-24(38-21)33-25(37)35-11-9-20(15-35)34(2)3/h4,6,8,10,12-14,20,25,37H,9,11,15H2,1-3H3,(H,31,33)(H,32,36). The molecule has 0 bridgehead atoms. The zero-order chi connectivity index (χ0) is 27.4. The Hall–Kier alpha value is -3.50. The van der Waals surface area contributed by atoms with Crippen molar-refractivity contribution in [3.05, 3.63) is 70.0 Å². The molecule has 3 N–H and O–H groups in total. The third-order valence-electron chi connectivity index (χ3n) is 6.16. The Balaban J connectivity index is 1.41. The van der Waals surface area contributed by atoms with Gasteiger partial charge in [-0.1, -0.05) is 23.3 Å². The highest BCUT2D eigenvalue weighted by atomic mass is 32.1. The molecule has 0 spiro atoms. The van der Waals surface area contributed by atoms with Crippen LogP contribution in [0.4, 0.5) is 24.0 Å². The Morgan fingerprint density at radius 2 is 2.03 bits per heavy atom. The number of aliphatic hydroxyl groups is 1. The highest BCUT2D eigenvalue weighted by Gasteiger charge is 2.31. The number of hydrogen-bond acceptors (Lipinski definition) is 8. The van der Waals surface area contributed by atoms with Crippen molar-refractivity contribution >= 4 is 28.1 Å². The molecule has 0 aliphatic carbocycles. The topological polar surface area (TPSA) is 93.6 Å². The van der Waals surface area contributed by atoms with Crippen LogP contribution in [0.25, 0.3) is 0 Å². The average Bonchev–Trinajstić information content (AvgIpc) is 3.54. The van der Waals surface area contributed by atoms with Crippen LogP contribution in [0.5, 0.6) is 0 Å². The van der Waals surface area contributed by atoms with E-state index in [1.165, 1.54) is 11.3 Å². The molecular formula is C26H27F3N6O2S. The molecule has 2 aromatic heterocycles. The summed E-state index contributed by atoms with van der Waals surface area (Å²) in [7, 11) is 4.05. The van der Waals surface area contributed by atoms with Crippen molar-refractivity contribution < 1.29 is 23.1 Å². The number of benzene rings is 1. The van der Waals surface area contributed by atoms with Crippen molar-refractivity contribution in [3.8, 4) is 11.8 Å². The minimum atomic E-state index is -4.57. The van der Waals surface area contributed by atoms with Gasteiger partial charge < -0.3 is 20.6 Å². The maximum Gasteiger partial charge on any atom is 0.416 e. The maximum absolute atomic E-state index is 13.0. The van der Waals surface area contributed by atoms with Crippen LogP contribution in [0.1, 0.15) is 38.5 Å². The van der Waals surface area contributed by atoms with E-state index in [-0.39, 0.29) is 5.69 Å². The first-order valence-electron chi connectivity index (χ1n) is 11.8. The number of likely N-dealkylation sites (N-methyl/N-ethyl adjacent to an activating group) is 1. The zero-order valence-electron chi connectivity index (χ0n) is 21.0. The van der Waals surface area contributed by atoms with E-state index in [2.05, 4.69) is 37.3 Å². The zero-order valence-corrected chi connectivity index (χ0v) is 21.8. The fourth-order valence-electron chi connectivity index (χ4n) is 3.90. The lowest BCUT2D eigenvalue weighted by Crippen LogP contribution is -2.41. The molecule has 1 amide bonds. The fourth-order valence-corrected chi connectivity index (χ4v) is 4.59. The number of aromatic nitrogens is 2. The summed E-state index contributed by atoms with van der Waals surface area (Å²) < 4.78 is 38.9. The van der Waals surface area contributed by atoms with Gasteiger partial charge in [-0.25, -0.2) is 4.98 Å². The summed E-state index contributed by atoms with van der Waals surface area (Å²) in [4.78, 5) is 25.3. The van der Waals surface area contributed by atoms with E-state index in [0.717, 1.165) is 37.3 Å². The molecule has 3 aromatic rings. The Kier molecular flexibility index (Phi) is 8.32. The predicted molar refractivity (Wildman–Crippen MR) is 140 cm³/mol. The van der Waals surface area contributed by atoms with Gasteiger partial charge in [0.2, 0.25) is 0 Å². The first kappa shape index (κ1) is 27.5. The number of likely N-dealkylation sites (tertiary alicyclic amines) is 1. The summed E-state index contributed by atoms with van der Waals surface area (Å²) in [6.45, 7) is 3.40. The summed E-state index contributed by atoms with van der Waals surface area (Å²) in [6, 6.07) is 6.96. The SMILES string of the molecule is Cc1ccc(NC(=O)c2cc(C(F)(F)F)ccn2)cc1C#Cc1cnc(NC(O)N2CCC(N(C)C)C2)s1. The number of hydrogen-bond donors (Lipinski definition) is 3. The number of carbonyl (C=O) groups is 1. The summed E-state index contributed by atoms with van der Waals surface area (Å²) >= 11 is 1.30. The van der Waals surface area contributed by atoms with Crippen LogP contribution < -0.4 is 10.6 Å². The molecule has 1 saturated heterocycles. The van der Waals surface area contributed by atoms with Crippen LogP contribution in [-0.2, 0) is 6.18 Å². The summed E-state index contributed by atoms with van der Waals surface area (Å²) in [5.41, 5.74) is 0.578. The van der Waals surface area contributed by atoms with Crippen LogP contribution in [-0.4, -0.2) is 70.4 Å². The van der Waals surface area contributed by atoms with E-state index in [4.69, 9.17) is 0 Å². The number of amides is 1. The van der Waals surface area contributed by atoms with Gasteiger partial charge in [0.05, 0.1) is 16.6 Å². The number of aryl methyl sites for hydroxylation is 1. The fraction of sp³-hybridized carbons (Fsp3) is 0.346. The molecule has 2 atom stereocenters. The lowest BCUT2D eigenvalue weighted by atomic mass is 10.1. The minimum Gasteiger partial charge on any atom is -0.361 e. The monoisotopic (exact) mass is 544 g/mol. The van der Waals surface area contributed by atoms with Gasteiger partial charge in [-0.05, 0) is 63.2 Å². The van der Waals surface area contributed by atoms with Gasteiger partial charge in [-0.2, -0.15) is 13.2 Å². The largest absolute Gasteiger partial charge is 0.416 e. The molecule has 0 saturated carbocycles. The van der Waals surface area contributed by atoms with Crippen molar-refractivity contribution in [3.63, 3.8) is 0 Å². The van der Waals surface area contributed by atoms with Gasteiger partial charge in [0.15, 0.2) is 11.5 Å². The van der Waals surface area contributed by atoms with Gasteiger partial charge >= 0.3 is 6.18 Å². The molecule has 1 aromatic carbocycles. The predicted octanol–water partition coefficient (Wildman–Crippen LogP) is 3.84. The number of pyridine rings is 1. The Labute approximate surface area is 222 Å². The second-order valence-electron chi connectivity index (χ2n) is 9.11. The smallest absolute Gasteiger partial charge is 0.361 e. The molecule has 1 aliphatic rings. The molecule has 4 rings (SSSR count). The molecule has 38 heavy (non-hydrogen) atoms. The van der Waals surface area contributed by atoms with Crippen molar-refractivity contribution in [1.29, 1.82) is 0 Å². The van der Waals surface area contributed by atoms with Crippen molar-refractivity contribution in [2.24, 2.45) is 0 Å². The number of rotatable bonds is 6. The molecule has 12 heteroatoms. The minimum absolute atomic E-state index is 0.342. The van der Waals surface area contributed by atoms with Crippen molar-refractivity contribution in [2.45, 2.75) is 31.9 Å². The normalized spacial score (nSPS) is 16.7. The molecule has 200 valence electrons. The third kappa shape index (κ3) is 6.87. The summed E-state index contributed by atoms with van der Waals surface area (Å²) in [5.74, 6) is 5.33. The molecule has 8 nitrogen and oxygen atoms in total. The van der Waals surface area contributed by atoms with Crippen LogP contribution in [0.15, 0.2) is 42.7 Å². The Morgan fingerprint density at radius 3 is 2.74 bits per heavy atom. The molecule has 1 aliphatic heterocycles. The van der Waals surface area contributed by atoms with E-state index in [1.807, 2.05) is 25.9 Å². The van der Waals surface area contributed by atoms with Crippen LogP contribution >= 0.6 is 11.3 Å². The summed E-state index contributed by atoms with van der Waals surface area (Å²) in [5, 5.41) is 16.7. The third-order valence-corrected chi connectivity index (χ3v) is 7.01. The van der Waals surface area contributed by atoms with Gasteiger partial charge in [0.1, 0.15) is 5.69 Å². The Morgan fingerprint density at radius 1 is 1.24 bits per heavy atom.